The van der Waals surface area contributed by atoms with E-state index in [1.54, 1.807) is 20.8 Å². The third-order valence-corrected chi connectivity index (χ3v) is 4.82. The lowest BCUT2D eigenvalue weighted by Gasteiger charge is -2.33. The minimum Gasteiger partial charge on any atom is -0.480 e. The maximum atomic E-state index is 13.8. The molecule has 1 saturated heterocycles. The molecular formula is C20H25F3N6O4. The number of ether oxygens (including phenoxy) is 2. The van der Waals surface area contributed by atoms with Crippen LogP contribution < -0.4 is 10.1 Å². The number of likely N-dealkylation sites (tertiary alicyclic amines) is 1. The van der Waals surface area contributed by atoms with Crippen molar-refractivity contribution in [3.63, 3.8) is 0 Å². The van der Waals surface area contributed by atoms with Crippen molar-refractivity contribution in [1.82, 2.24) is 30.2 Å². The molecule has 0 bridgehead atoms. The van der Waals surface area contributed by atoms with E-state index >= 15 is 0 Å². The number of methoxy groups -OCH3 is 1. The number of alkyl halides is 3. The van der Waals surface area contributed by atoms with Gasteiger partial charge in [0.2, 0.25) is 5.88 Å². The Morgan fingerprint density at radius 3 is 2.30 bits per heavy atom. The van der Waals surface area contributed by atoms with Gasteiger partial charge in [0, 0.05) is 25.2 Å². The molecule has 180 valence electrons. The van der Waals surface area contributed by atoms with E-state index in [2.05, 4.69) is 20.6 Å². The number of nitrogens with one attached hydrogen (secondary N) is 1. The third-order valence-electron chi connectivity index (χ3n) is 4.82. The van der Waals surface area contributed by atoms with Crippen LogP contribution in [0.4, 0.5) is 18.0 Å². The average Bonchev–Trinajstić information content (AvgIpc) is 3.19. The molecule has 0 spiro atoms. The number of amides is 2. The van der Waals surface area contributed by atoms with Gasteiger partial charge in [-0.15, -0.1) is 10.2 Å². The zero-order valence-electron chi connectivity index (χ0n) is 18.6. The summed E-state index contributed by atoms with van der Waals surface area (Å²) in [6, 6.07) is 2.19. The highest BCUT2D eigenvalue weighted by atomic mass is 19.4. The fraction of sp³-hybridized carbons (Fsp3) is 0.550. The summed E-state index contributed by atoms with van der Waals surface area (Å²) < 4.78 is 52.1. The van der Waals surface area contributed by atoms with Gasteiger partial charge in [0.15, 0.2) is 11.5 Å². The second kappa shape index (κ2) is 9.24. The number of hydrogen-bond donors (Lipinski definition) is 1. The van der Waals surface area contributed by atoms with Gasteiger partial charge in [0.05, 0.1) is 18.9 Å². The largest absolute Gasteiger partial charge is 0.480 e. The molecule has 0 aromatic carbocycles. The van der Waals surface area contributed by atoms with E-state index in [4.69, 9.17) is 9.47 Å². The van der Waals surface area contributed by atoms with Crippen molar-refractivity contribution < 1.29 is 32.2 Å². The van der Waals surface area contributed by atoms with Crippen molar-refractivity contribution in [2.75, 3.05) is 20.2 Å². The van der Waals surface area contributed by atoms with Gasteiger partial charge in [-0.05, 0) is 39.7 Å². The van der Waals surface area contributed by atoms with Crippen LogP contribution in [0.1, 0.15) is 49.7 Å². The van der Waals surface area contributed by atoms with Crippen LogP contribution in [0.5, 0.6) is 5.88 Å². The van der Waals surface area contributed by atoms with Gasteiger partial charge in [-0.3, -0.25) is 4.79 Å². The Hall–Kier alpha value is -3.38. The van der Waals surface area contributed by atoms with Crippen molar-refractivity contribution in [3.8, 4) is 11.7 Å². The second-order valence-corrected chi connectivity index (χ2v) is 8.47. The smallest absolute Gasteiger partial charge is 0.434 e. The predicted molar refractivity (Wildman–Crippen MR) is 109 cm³/mol. The van der Waals surface area contributed by atoms with Gasteiger partial charge < -0.3 is 19.7 Å². The van der Waals surface area contributed by atoms with Gasteiger partial charge in [-0.2, -0.15) is 18.3 Å². The molecule has 10 nitrogen and oxygen atoms in total. The fourth-order valence-electron chi connectivity index (χ4n) is 3.29. The van der Waals surface area contributed by atoms with Crippen molar-refractivity contribution in [2.24, 2.45) is 0 Å². The van der Waals surface area contributed by atoms with E-state index in [1.165, 1.54) is 24.1 Å². The Bertz CT molecular complexity index is 993. The van der Waals surface area contributed by atoms with Crippen molar-refractivity contribution >= 4 is 12.0 Å². The van der Waals surface area contributed by atoms with Gasteiger partial charge in [-0.1, -0.05) is 0 Å². The van der Waals surface area contributed by atoms with Crippen LogP contribution >= 0.6 is 0 Å². The third kappa shape index (κ3) is 5.90. The molecule has 1 N–H and O–H groups in total. The van der Waals surface area contributed by atoms with E-state index < -0.39 is 41.1 Å². The van der Waals surface area contributed by atoms with Gasteiger partial charge in [-0.25, -0.2) is 9.48 Å². The summed E-state index contributed by atoms with van der Waals surface area (Å²) in [7, 11) is 1.35. The topological polar surface area (TPSA) is 111 Å². The first kappa shape index (κ1) is 24.3. The molecule has 2 aromatic heterocycles. The van der Waals surface area contributed by atoms with Crippen LogP contribution in [0.25, 0.3) is 5.82 Å². The highest BCUT2D eigenvalue weighted by Gasteiger charge is 2.41. The number of carbonyl (C=O) groups is 2. The van der Waals surface area contributed by atoms with E-state index in [0.29, 0.717) is 30.6 Å². The highest BCUT2D eigenvalue weighted by molar-refractivity contribution is 5.95. The van der Waals surface area contributed by atoms with Crippen LogP contribution in [0.15, 0.2) is 18.3 Å². The summed E-state index contributed by atoms with van der Waals surface area (Å²) >= 11 is 0. The SMILES string of the molecule is COc1ccc(-n2ncc(C(=O)NC3CCN(C(=O)OC(C)(C)C)CC3)c2C(F)(F)F)nn1. The first-order valence-electron chi connectivity index (χ1n) is 10.2. The van der Waals surface area contributed by atoms with E-state index in [9.17, 15) is 22.8 Å². The van der Waals surface area contributed by atoms with Gasteiger partial charge in [0.25, 0.3) is 5.91 Å². The molecule has 3 rings (SSSR count). The minimum absolute atomic E-state index is 0.121. The van der Waals surface area contributed by atoms with Crippen molar-refractivity contribution in [2.45, 2.75) is 51.4 Å². The molecule has 1 aliphatic heterocycles. The Morgan fingerprint density at radius 1 is 1.12 bits per heavy atom. The van der Waals surface area contributed by atoms with Crippen LogP contribution in [0, 0.1) is 0 Å². The molecule has 1 fully saturated rings. The number of rotatable bonds is 4. The molecule has 1 aliphatic rings. The quantitative estimate of drug-likeness (QED) is 0.731. The number of piperidine rings is 1. The average molecular weight is 470 g/mol. The van der Waals surface area contributed by atoms with Crippen LogP contribution in [-0.2, 0) is 10.9 Å². The van der Waals surface area contributed by atoms with Crippen LogP contribution in [0.3, 0.4) is 0 Å². The molecule has 0 unspecified atom stereocenters. The van der Waals surface area contributed by atoms with Crippen molar-refractivity contribution in [1.29, 1.82) is 0 Å². The molecule has 13 heteroatoms. The lowest BCUT2D eigenvalue weighted by Crippen LogP contribution is -2.48. The monoisotopic (exact) mass is 470 g/mol. The standard InChI is InChI=1S/C20H25F3N6O4/c1-19(2,3)33-18(31)28-9-7-12(8-10-28)25-17(30)13-11-24-29(16(13)20(21,22)23)14-5-6-15(32-4)27-26-14/h5-6,11-12H,7-10H2,1-4H3,(H,25,30). The molecular weight excluding hydrogens is 445 g/mol. The van der Waals surface area contributed by atoms with E-state index in [0.717, 1.165) is 6.20 Å². The molecule has 0 saturated carbocycles. The summed E-state index contributed by atoms with van der Waals surface area (Å²) in [5.41, 5.74) is -2.52. The molecule has 2 amide bonds. The zero-order valence-corrected chi connectivity index (χ0v) is 18.6. The predicted octanol–water partition coefficient (Wildman–Crippen LogP) is 2.82. The van der Waals surface area contributed by atoms with Crippen LogP contribution in [-0.4, -0.2) is 68.7 Å². The molecule has 33 heavy (non-hydrogen) atoms. The molecule has 0 atom stereocenters. The van der Waals surface area contributed by atoms with E-state index in [-0.39, 0.29) is 11.7 Å². The summed E-state index contributed by atoms with van der Waals surface area (Å²) in [5.74, 6) is -1.01. The second-order valence-electron chi connectivity index (χ2n) is 8.47. The summed E-state index contributed by atoms with van der Waals surface area (Å²) in [5, 5.41) is 13.6. The number of halogens is 3. The summed E-state index contributed by atoms with van der Waals surface area (Å²) in [4.78, 5) is 26.4. The first-order chi connectivity index (χ1) is 15.4. The Morgan fingerprint density at radius 2 is 1.79 bits per heavy atom. The molecule has 0 aliphatic carbocycles. The van der Waals surface area contributed by atoms with Gasteiger partial charge >= 0.3 is 12.3 Å². The summed E-state index contributed by atoms with van der Waals surface area (Å²) in [6.45, 7) is 5.90. The Kier molecular flexibility index (Phi) is 6.79. The van der Waals surface area contributed by atoms with E-state index in [1.807, 2.05) is 0 Å². The lowest BCUT2D eigenvalue weighted by atomic mass is 10.0. The highest BCUT2D eigenvalue weighted by Crippen LogP contribution is 2.33. The lowest BCUT2D eigenvalue weighted by molar-refractivity contribution is -0.143. The van der Waals surface area contributed by atoms with Crippen LogP contribution in [0.2, 0.25) is 0 Å². The maximum absolute atomic E-state index is 13.8. The first-order valence-corrected chi connectivity index (χ1v) is 10.2. The van der Waals surface area contributed by atoms with Gasteiger partial charge in [0.1, 0.15) is 5.60 Å². The molecule has 2 aromatic rings. The van der Waals surface area contributed by atoms with Crippen molar-refractivity contribution in [3.05, 3.63) is 29.6 Å². The number of hydrogen-bond acceptors (Lipinski definition) is 7. The fourth-order valence-corrected chi connectivity index (χ4v) is 3.29. The number of aromatic nitrogens is 4. The molecule has 0 radical (unpaired) electrons. The Balaban J connectivity index is 1.72. The summed E-state index contributed by atoms with van der Waals surface area (Å²) in [6.07, 6.45) is -3.73. The zero-order chi connectivity index (χ0) is 24.4. The molecule has 3 heterocycles. The Labute approximate surface area is 188 Å². The maximum Gasteiger partial charge on any atom is 0.434 e. The minimum atomic E-state index is -4.87. The normalized spacial score (nSPS) is 15.3. The number of nitrogens with zero attached hydrogens (tertiary/aromatic N) is 5. The number of carbonyl (C=O) groups excluding carboxylic acids is 2.